The first-order valence-corrected chi connectivity index (χ1v) is 7.64. The van der Waals surface area contributed by atoms with Gasteiger partial charge in [-0.3, -0.25) is 9.59 Å². The lowest BCUT2D eigenvalue weighted by molar-refractivity contribution is -0.126. The van der Waals surface area contributed by atoms with Gasteiger partial charge in [-0.2, -0.15) is 0 Å². The zero-order chi connectivity index (χ0) is 17.1. The number of likely N-dealkylation sites (tertiary alicyclic amines) is 1. The van der Waals surface area contributed by atoms with Crippen LogP contribution in [0.25, 0.3) is 12.2 Å². The molecule has 0 bridgehead atoms. The Balaban J connectivity index is 1.65. The molecular weight excluding hydrogens is 308 g/mol. The van der Waals surface area contributed by atoms with Gasteiger partial charge in [-0.25, -0.2) is 0 Å². The van der Waals surface area contributed by atoms with Crippen LogP contribution in [0.4, 0.5) is 5.69 Å². The van der Waals surface area contributed by atoms with Crippen LogP contribution in [-0.2, 0) is 9.59 Å². The van der Waals surface area contributed by atoms with Crippen molar-refractivity contribution >= 4 is 29.7 Å². The van der Waals surface area contributed by atoms with E-state index < -0.39 is 0 Å². The molecule has 3 rings (SSSR count). The van der Waals surface area contributed by atoms with Crippen LogP contribution < -0.4 is 5.32 Å². The molecular formula is C17H18N4O3. The third kappa shape index (κ3) is 3.68. The lowest BCUT2D eigenvalue weighted by Gasteiger charge is -2.06. The van der Waals surface area contributed by atoms with E-state index in [9.17, 15) is 9.59 Å². The smallest absolute Gasteiger partial charge is 0.240 e. The summed E-state index contributed by atoms with van der Waals surface area (Å²) >= 11 is 0. The molecule has 24 heavy (non-hydrogen) atoms. The number of hydrogen-bond donors (Lipinski definition) is 1. The topological polar surface area (TPSA) is 88.3 Å². The molecule has 1 fully saturated rings. The number of aromatic nitrogens is 2. The second-order valence-corrected chi connectivity index (χ2v) is 5.79. The van der Waals surface area contributed by atoms with Gasteiger partial charge in [0.2, 0.25) is 23.6 Å². The Hall–Kier alpha value is -2.96. The van der Waals surface area contributed by atoms with E-state index in [0.29, 0.717) is 24.7 Å². The van der Waals surface area contributed by atoms with E-state index in [1.54, 1.807) is 18.0 Å². The molecule has 2 aromatic rings. The number of likely N-dealkylation sites (N-methyl/N-ethyl adjacent to an activating group) is 1. The third-order valence-corrected chi connectivity index (χ3v) is 3.80. The van der Waals surface area contributed by atoms with Crippen LogP contribution in [0.15, 0.2) is 28.7 Å². The van der Waals surface area contributed by atoms with E-state index in [2.05, 4.69) is 15.5 Å². The van der Waals surface area contributed by atoms with E-state index in [1.165, 1.54) is 6.92 Å². The molecule has 124 valence electrons. The van der Waals surface area contributed by atoms with E-state index in [-0.39, 0.29) is 17.7 Å². The molecule has 7 heteroatoms. The van der Waals surface area contributed by atoms with Crippen molar-refractivity contribution in [3.63, 3.8) is 0 Å². The summed E-state index contributed by atoms with van der Waals surface area (Å²) in [5.41, 5.74) is 1.69. The molecule has 1 aromatic heterocycles. The molecule has 1 saturated heterocycles. The van der Waals surface area contributed by atoms with Crippen molar-refractivity contribution in [1.82, 2.24) is 15.1 Å². The van der Waals surface area contributed by atoms with E-state index in [0.717, 1.165) is 11.3 Å². The Kier molecular flexibility index (Phi) is 4.41. The predicted octanol–water partition coefficient (Wildman–Crippen LogP) is 2.14. The van der Waals surface area contributed by atoms with Crippen molar-refractivity contribution in [1.29, 1.82) is 0 Å². The van der Waals surface area contributed by atoms with E-state index in [1.807, 2.05) is 30.3 Å². The maximum atomic E-state index is 11.6. The highest BCUT2D eigenvalue weighted by molar-refractivity contribution is 5.88. The van der Waals surface area contributed by atoms with Gasteiger partial charge in [-0.15, -0.1) is 10.2 Å². The average molecular weight is 326 g/mol. The Morgan fingerprint density at radius 2 is 2.04 bits per heavy atom. The highest BCUT2D eigenvalue weighted by Gasteiger charge is 2.31. The lowest BCUT2D eigenvalue weighted by atomic mass is 10.1. The number of nitrogens with one attached hydrogen (secondary N) is 1. The number of amides is 2. The fourth-order valence-corrected chi connectivity index (χ4v) is 2.56. The number of carbonyl (C=O) groups excluding carboxylic acids is 2. The van der Waals surface area contributed by atoms with Crippen LogP contribution in [0.5, 0.6) is 0 Å². The molecule has 1 aliphatic heterocycles. The summed E-state index contributed by atoms with van der Waals surface area (Å²) in [6, 6.07) is 7.40. The predicted molar refractivity (Wildman–Crippen MR) is 89.0 cm³/mol. The molecule has 1 unspecified atom stereocenters. The van der Waals surface area contributed by atoms with E-state index >= 15 is 0 Å². The molecule has 0 radical (unpaired) electrons. The zero-order valence-electron chi connectivity index (χ0n) is 13.5. The Morgan fingerprint density at radius 3 is 2.67 bits per heavy atom. The van der Waals surface area contributed by atoms with Crippen LogP contribution in [-0.4, -0.2) is 40.5 Å². The first kappa shape index (κ1) is 15.9. The Bertz CT molecular complexity index is 779. The third-order valence-electron chi connectivity index (χ3n) is 3.80. The van der Waals surface area contributed by atoms with Crippen molar-refractivity contribution < 1.29 is 14.0 Å². The quantitative estimate of drug-likeness (QED) is 0.930. The van der Waals surface area contributed by atoms with Crippen molar-refractivity contribution in [2.75, 3.05) is 18.9 Å². The Morgan fingerprint density at radius 1 is 1.29 bits per heavy atom. The summed E-state index contributed by atoms with van der Waals surface area (Å²) in [6.45, 7) is 2.07. The van der Waals surface area contributed by atoms with Gasteiger partial charge >= 0.3 is 0 Å². The second-order valence-electron chi connectivity index (χ2n) is 5.79. The maximum Gasteiger partial charge on any atom is 0.240 e. The summed E-state index contributed by atoms with van der Waals surface area (Å²) in [5.74, 6) is 0.850. The van der Waals surface area contributed by atoms with Gasteiger partial charge in [0.1, 0.15) is 0 Å². The monoisotopic (exact) mass is 326 g/mol. The van der Waals surface area contributed by atoms with Crippen LogP contribution in [0, 0.1) is 0 Å². The van der Waals surface area contributed by atoms with E-state index in [4.69, 9.17) is 4.42 Å². The number of rotatable bonds is 4. The number of carbonyl (C=O) groups is 2. The fraction of sp³-hybridized carbons (Fsp3) is 0.294. The lowest BCUT2D eigenvalue weighted by Crippen LogP contribution is -2.18. The van der Waals surface area contributed by atoms with Gasteiger partial charge in [0.15, 0.2) is 0 Å². The van der Waals surface area contributed by atoms with Crippen molar-refractivity contribution in [3.05, 3.63) is 41.6 Å². The molecule has 1 aliphatic rings. The molecule has 0 aliphatic carbocycles. The molecule has 7 nitrogen and oxygen atoms in total. The summed E-state index contributed by atoms with van der Waals surface area (Å²) in [6.07, 6.45) is 3.98. The molecule has 0 saturated carbocycles. The van der Waals surface area contributed by atoms with Gasteiger partial charge < -0.3 is 14.6 Å². The minimum atomic E-state index is -0.104. The molecule has 0 spiro atoms. The molecule has 2 heterocycles. The highest BCUT2D eigenvalue weighted by Crippen LogP contribution is 2.26. The van der Waals surface area contributed by atoms with Crippen LogP contribution in [0.3, 0.4) is 0 Å². The minimum absolute atomic E-state index is 0.0333. The zero-order valence-corrected chi connectivity index (χ0v) is 13.5. The Labute approximate surface area is 139 Å². The second kappa shape index (κ2) is 6.66. The SMILES string of the molecule is CC(=O)Nc1ccc(C=Cc2nnc(C3CC(=O)N(C)C3)o2)cc1. The number of hydrogen-bond acceptors (Lipinski definition) is 5. The van der Waals surface area contributed by atoms with Gasteiger partial charge in [0.05, 0.1) is 5.92 Å². The number of benzene rings is 1. The average Bonchev–Trinajstić information content (AvgIpc) is 3.13. The highest BCUT2D eigenvalue weighted by atomic mass is 16.4. The standard InChI is InChI=1S/C17H18N4O3/c1-11(22)18-14-6-3-12(4-7-14)5-8-15-19-20-17(24-15)13-9-16(23)21(2)10-13/h3-8,13H,9-10H2,1-2H3,(H,18,22). The van der Waals surface area contributed by atoms with Crippen molar-refractivity contribution in [3.8, 4) is 0 Å². The molecule has 1 atom stereocenters. The van der Waals surface area contributed by atoms with Crippen LogP contribution >= 0.6 is 0 Å². The van der Waals surface area contributed by atoms with Crippen molar-refractivity contribution in [2.45, 2.75) is 19.3 Å². The molecule has 1 aromatic carbocycles. The van der Waals surface area contributed by atoms with Crippen LogP contribution in [0.1, 0.15) is 36.6 Å². The normalized spacial score (nSPS) is 17.7. The largest absolute Gasteiger partial charge is 0.421 e. The maximum absolute atomic E-state index is 11.6. The number of anilines is 1. The first-order valence-electron chi connectivity index (χ1n) is 7.64. The van der Waals surface area contributed by atoms with Gasteiger partial charge in [0, 0.05) is 38.7 Å². The summed E-state index contributed by atoms with van der Waals surface area (Å²) in [4.78, 5) is 24.2. The molecule has 1 N–H and O–H groups in total. The minimum Gasteiger partial charge on any atom is -0.421 e. The number of nitrogens with zero attached hydrogens (tertiary/aromatic N) is 3. The summed E-state index contributed by atoms with van der Waals surface area (Å²) in [7, 11) is 1.77. The summed E-state index contributed by atoms with van der Waals surface area (Å²) < 4.78 is 5.62. The fourth-order valence-electron chi connectivity index (χ4n) is 2.56. The molecule has 2 amide bonds. The first-order chi connectivity index (χ1) is 11.5. The van der Waals surface area contributed by atoms with Crippen molar-refractivity contribution in [2.24, 2.45) is 0 Å². The van der Waals surface area contributed by atoms with Gasteiger partial charge in [0.25, 0.3) is 0 Å². The van der Waals surface area contributed by atoms with Gasteiger partial charge in [-0.05, 0) is 23.8 Å². The van der Waals surface area contributed by atoms with Crippen LogP contribution in [0.2, 0.25) is 0 Å². The van der Waals surface area contributed by atoms with Gasteiger partial charge in [-0.1, -0.05) is 12.1 Å². The summed E-state index contributed by atoms with van der Waals surface area (Å²) in [5, 5.41) is 10.7.